The van der Waals surface area contributed by atoms with Crippen LogP contribution >= 0.6 is 0 Å². The van der Waals surface area contributed by atoms with E-state index in [0.717, 1.165) is 63.0 Å². The minimum atomic E-state index is -0.128. The van der Waals surface area contributed by atoms with Gasteiger partial charge in [0.1, 0.15) is 5.75 Å². The minimum Gasteiger partial charge on any atom is -0.495 e. The van der Waals surface area contributed by atoms with E-state index >= 15 is 0 Å². The third-order valence-electron chi connectivity index (χ3n) is 8.03. The average Bonchev–Trinajstić information content (AvgIpc) is 3.25. The molecule has 0 unspecified atom stereocenters. The number of hydrogen-bond acceptors (Lipinski definition) is 5. The monoisotopic (exact) mass is 384 g/mol. The van der Waals surface area contributed by atoms with Crippen LogP contribution in [0.2, 0.25) is 0 Å². The second kappa shape index (κ2) is 6.21. The van der Waals surface area contributed by atoms with Gasteiger partial charge in [-0.2, -0.15) is 0 Å². The summed E-state index contributed by atoms with van der Waals surface area (Å²) >= 11 is 0. The molecule has 1 aliphatic carbocycles. The fourth-order valence-electron chi connectivity index (χ4n) is 7.25. The van der Waals surface area contributed by atoms with Crippen molar-refractivity contribution < 1.29 is 19.1 Å². The third kappa shape index (κ3) is 2.07. The van der Waals surface area contributed by atoms with Gasteiger partial charge in [0.25, 0.3) is 0 Å². The van der Waals surface area contributed by atoms with Gasteiger partial charge in [0, 0.05) is 17.5 Å². The van der Waals surface area contributed by atoms with Crippen molar-refractivity contribution >= 4 is 18.1 Å². The maximum Gasteiger partial charge on any atom is 0.306 e. The number of methoxy groups -OCH3 is 2. The number of amides is 1. The molecule has 0 aromatic heterocycles. The average molecular weight is 384 g/mol. The van der Waals surface area contributed by atoms with Crippen LogP contribution < -0.4 is 9.64 Å². The number of para-hydroxylation sites is 1. The summed E-state index contributed by atoms with van der Waals surface area (Å²) < 4.78 is 10.8. The molecule has 3 heterocycles. The lowest BCUT2D eigenvalue weighted by atomic mass is 9.52. The van der Waals surface area contributed by atoms with Crippen LogP contribution in [0.3, 0.4) is 0 Å². The molecule has 6 nitrogen and oxygen atoms in total. The van der Waals surface area contributed by atoms with E-state index in [9.17, 15) is 9.59 Å². The van der Waals surface area contributed by atoms with Gasteiger partial charge >= 0.3 is 5.97 Å². The highest BCUT2D eigenvalue weighted by Gasteiger charge is 2.69. The van der Waals surface area contributed by atoms with E-state index < -0.39 is 0 Å². The molecule has 3 aliphatic heterocycles. The molecular formula is C22H28N2O4. The number of benzene rings is 1. The smallest absolute Gasteiger partial charge is 0.306 e. The Balaban J connectivity index is 1.71. The van der Waals surface area contributed by atoms with Crippen LogP contribution in [0.5, 0.6) is 5.75 Å². The van der Waals surface area contributed by atoms with E-state index in [0.29, 0.717) is 6.42 Å². The van der Waals surface area contributed by atoms with Crippen molar-refractivity contribution in [2.24, 2.45) is 5.41 Å². The van der Waals surface area contributed by atoms with Crippen molar-refractivity contribution in [2.75, 3.05) is 32.2 Å². The van der Waals surface area contributed by atoms with Crippen LogP contribution in [-0.4, -0.2) is 56.7 Å². The van der Waals surface area contributed by atoms with Crippen molar-refractivity contribution in [1.29, 1.82) is 0 Å². The molecule has 150 valence electrons. The maximum atomic E-state index is 12.4. The molecule has 2 saturated heterocycles. The maximum absolute atomic E-state index is 12.4. The molecular weight excluding hydrogens is 356 g/mol. The molecule has 4 atom stereocenters. The summed E-state index contributed by atoms with van der Waals surface area (Å²) in [6, 6.07) is 6.57. The van der Waals surface area contributed by atoms with Crippen molar-refractivity contribution in [3.05, 3.63) is 23.8 Å². The van der Waals surface area contributed by atoms with Crippen molar-refractivity contribution in [2.45, 2.75) is 56.0 Å². The Bertz CT molecular complexity index is 827. The minimum absolute atomic E-state index is 0.0718. The topological polar surface area (TPSA) is 59.1 Å². The number of hydrogen-bond donors (Lipinski definition) is 0. The number of piperidine rings is 1. The van der Waals surface area contributed by atoms with E-state index in [1.807, 2.05) is 17.0 Å². The lowest BCUT2D eigenvalue weighted by Crippen LogP contribution is -2.65. The zero-order valence-corrected chi connectivity index (χ0v) is 16.6. The normalized spacial score (nSPS) is 35.7. The molecule has 1 aromatic carbocycles. The molecule has 5 rings (SSSR count). The number of carbonyl (C=O) groups excluding carboxylic acids is 2. The first-order chi connectivity index (χ1) is 13.6. The number of esters is 1. The third-order valence-corrected chi connectivity index (χ3v) is 8.03. The molecule has 1 amide bonds. The van der Waals surface area contributed by atoms with Crippen LogP contribution in [0, 0.1) is 5.41 Å². The molecule has 0 bridgehead atoms. The van der Waals surface area contributed by atoms with Crippen molar-refractivity contribution in [1.82, 2.24) is 4.90 Å². The zero-order valence-electron chi connectivity index (χ0n) is 16.6. The summed E-state index contributed by atoms with van der Waals surface area (Å²) in [4.78, 5) is 29.1. The number of nitrogens with zero attached hydrogens (tertiary/aromatic N) is 2. The molecule has 1 spiro atoms. The lowest BCUT2D eigenvalue weighted by molar-refractivity contribution is -0.148. The zero-order chi connectivity index (χ0) is 19.5. The number of anilines is 1. The number of rotatable bonds is 4. The highest BCUT2D eigenvalue weighted by molar-refractivity contribution is 5.87. The fraction of sp³-hybridized carbons (Fsp3) is 0.636. The SMILES string of the molecule is COC(=O)C[C@@]12CCCN3CC[C@]4(c5cccc(OC)c5N(C=O)[C@@H]4CC1)[C@H]32. The van der Waals surface area contributed by atoms with Gasteiger partial charge in [0.05, 0.1) is 26.3 Å². The Morgan fingerprint density at radius 2 is 2.11 bits per heavy atom. The van der Waals surface area contributed by atoms with Gasteiger partial charge in [-0.05, 0) is 62.2 Å². The first-order valence-corrected chi connectivity index (χ1v) is 10.3. The molecule has 3 fully saturated rings. The molecule has 6 heteroatoms. The predicted octanol–water partition coefficient (Wildman–Crippen LogP) is 2.49. The van der Waals surface area contributed by atoms with Crippen LogP contribution in [-0.2, 0) is 19.7 Å². The van der Waals surface area contributed by atoms with Crippen LogP contribution in [0.15, 0.2) is 18.2 Å². The molecule has 28 heavy (non-hydrogen) atoms. The van der Waals surface area contributed by atoms with Gasteiger partial charge < -0.3 is 14.4 Å². The van der Waals surface area contributed by atoms with Gasteiger partial charge in [0.15, 0.2) is 0 Å². The van der Waals surface area contributed by atoms with E-state index in [1.165, 1.54) is 12.7 Å². The Morgan fingerprint density at radius 3 is 2.86 bits per heavy atom. The number of ether oxygens (including phenoxy) is 2. The van der Waals surface area contributed by atoms with Gasteiger partial charge in [-0.1, -0.05) is 12.1 Å². The molecule has 4 aliphatic rings. The van der Waals surface area contributed by atoms with E-state index in [-0.39, 0.29) is 28.9 Å². The first kappa shape index (κ1) is 18.0. The summed E-state index contributed by atoms with van der Waals surface area (Å²) in [6.45, 7) is 2.09. The largest absolute Gasteiger partial charge is 0.495 e. The van der Waals surface area contributed by atoms with Gasteiger partial charge in [0.2, 0.25) is 6.41 Å². The van der Waals surface area contributed by atoms with Crippen molar-refractivity contribution in [3.63, 3.8) is 0 Å². The second-order valence-electron chi connectivity index (χ2n) is 8.87. The number of carbonyl (C=O) groups is 2. The van der Waals surface area contributed by atoms with Crippen LogP contribution in [0.25, 0.3) is 0 Å². The summed E-state index contributed by atoms with van der Waals surface area (Å²) in [6.07, 6.45) is 6.53. The predicted molar refractivity (Wildman–Crippen MR) is 105 cm³/mol. The lowest BCUT2D eigenvalue weighted by Gasteiger charge is -2.58. The first-order valence-electron chi connectivity index (χ1n) is 10.3. The quantitative estimate of drug-likeness (QED) is 0.590. The molecule has 0 N–H and O–H groups in total. The van der Waals surface area contributed by atoms with Crippen LogP contribution in [0.1, 0.15) is 44.1 Å². The van der Waals surface area contributed by atoms with E-state index in [2.05, 4.69) is 11.0 Å². The van der Waals surface area contributed by atoms with E-state index in [1.54, 1.807) is 7.11 Å². The van der Waals surface area contributed by atoms with Gasteiger partial charge in [-0.25, -0.2) is 0 Å². The highest BCUT2D eigenvalue weighted by Crippen LogP contribution is 2.66. The Hall–Kier alpha value is -2.08. The highest BCUT2D eigenvalue weighted by atomic mass is 16.5. The van der Waals surface area contributed by atoms with E-state index in [4.69, 9.17) is 9.47 Å². The number of fused-ring (bicyclic) bond motifs is 1. The van der Waals surface area contributed by atoms with Crippen molar-refractivity contribution in [3.8, 4) is 5.75 Å². The second-order valence-corrected chi connectivity index (χ2v) is 8.87. The Morgan fingerprint density at radius 1 is 1.25 bits per heavy atom. The van der Waals surface area contributed by atoms with Crippen LogP contribution in [0.4, 0.5) is 5.69 Å². The summed E-state index contributed by atoms with van der Waals surface area (Å²) in [5.74, 6) is 0.652. The molecule has 1 saturated carbocycles. The molecule has 0 radical (unpaired) electrons. The molecule has 1 aromatic rings. The van der Waals surface area contributed by atoms with Gasteiger partial charge in [-0.3, -0.25) is 14.5 Å². The summed E-state index contributed by atoms with van der Waals surface area (Å²) in [5.41, 5.74) is 1.97. The fourth-order valence-corrected chi connectivity index (χ4v) is 7.25. The Labute approximate surface area is 165 Å². The Kier molecular flexibility index (Phi) is 3.99. The van der Waals surface area contributed by atoms with Gasteiger partial charge in [-0.15, -0.1) is 0 Å². The summed E-state index contributed by atoms with van der Waals surface area (Å²) in [7, 11) is 3.15. The standard InChI is InChI=1S/C22H28N2O4/c1-27-16-6-3-5-15-19(16)24(14-25)17-7-9-21(13-18(26)28-2)8-4-11-23-12-10-22(15,17)20(21)23/h3,5-6,14,17,20H,4,7-13H2,1-2H3/t17-,20-,21-,22-/m1/s1. The summed E-state index contributed by atoms with van der Waals surface area (Å²) in [5, 5.41) is 0.